The van der Waals surface area contributed by atoms with Crippen LogP contribution in [-0.4, -0.2) is 15.0 Å². The molecule has 0 unspecified atom stereocenters. The molecule has 0 amide bonds. The summed E-state index contributed by atoms with van der Waals surface area (Å²) < 4.78 is 26.9. The van der Waals surface area contributed by atoms with Crippen LogP contribution < -0.4 is 4.72 Å². The van der Waals surface area contributed by atoms with Crippen LogP contribution in [0.5, 0.6) is 0 Å². The first-order valence-electron chi connectivity index (χ1n) is 7.54. The van der Waals surface area contributed by atoms with Gasteiger partial charge in [-0.2, -0.15) is 0 Å². The average Bonchev–Trinajstić information content (AvgIpc) is 2.48. The van der Waals surface area contributed by atoms with E-state index in [0.717, 1.165) is 24.0 Å². The summed E-state index contributed by atoms with van der Waals surface area (Å²) >= 11 is 0. The van der Waals surface area contributed by atoms with Crippen LogP contribution in [0.2, 0.25) is 0 Å². The number of hydrogen-bond donors (Lipinski definition) is 1. The van der Waals surface area contributed by atoms with Gasteiger partial charge in [0.1, 0.15) is 0 Å². The Kier molecular flexibility index (Phi) is 5.75. The molecule has 0 radical (unpaired) electrons. The molecule has 0 aliphatic carbocycles. The Labute approximate surface area is 133 Å². The molecule has 2 aromatic rings. The van der Waals surface area contributed by atoms with Crippen molar-refractivity contribution in [3.8, 4) is 0 Å². The topological polar surface area (TPSA) is 46.2 Å². The van der Waals surface area contributed by atoms with Crippen LogP contribution in [0.4, 0.5) is 0 Å². The zero-order valence-corrected chi connectivity index (χ0v) is 14.0. The van der Waals surface area contributed by atoms with Gasteiger partial charge in [-0.1, -0.05) is 54.1 Å². The lowest BCUT2D eigenvalue weighted by Crippen LogP contribution is -2.26. The van der Waals surface area contributed by atoms with Gasteiger partial charge >= 0.3 is 0 Å². The molecule has 0 bridgehead atoms. The van der Waals surface area contributed by atoms with Crippen LogP contribution in [-0.2, 0) is 22.2 Å². The molecule has 0 saturated carbocycles. The quantitative estimate of drug-likeness (QED) is 0.796. The Bertz CT molecular complexity index is 706. The van der Waals surface area contributed by atoms with Crippen LogP contribution in [0, 0.1) is 13.8 Å². The minimum Gasteiger partial charge on any atom is -0.215 e. The lowest BCUT2D eigenvalue weighted by Gasteiger charge is -2.09. The molecule has 0 aliphatic heterocycles. The number of benzene rings is 2. The first kappa shape index (κ1) is 16.7. The van der Waals surface area contributed by atoms with E-state index < -0.39 is 10.0 Å². The van der Waals surface area contributed by atoms with E-state index in [-0.39, 0.29) is 5.75 Å². The van der Waals surface area contributed by atoms with Gasteiger partial charge in [-0.05, 0) is 43.4 Å². The van der Waals surface area contributed by atoms with Crippen LogP contribution >= 0.6 is 0 Å². The molecule has 22 heavy (non-hydrogen) atoms. The third kappa shape index (κ3) is 5.28. The van der Waals surface area contributed by atoms with Crippen molar-refractivity contribution in [2.24, 2.45) is 0 Å². The maximum atomic E-state index is 12.1. The van der Waals surface area contributed by atoms with Crippen LogP contribution in [0.3, 0.4) is 0 Å². The smallest absolute Gasteiger partial charge is 0.215 e. The van der Waals surface area contributed by atoms with E-state index in [9.17, 15) is 8.42 Å². The summed E-state index contributed by atoms with van der Waals surface area (Å²) in [7, 11) is -3.27. The van der Waals surface area contributed by atoms with Crippen molar-refractivity contribution in [1.82, 2.24) is 4.72 Å². The van der Waals surface area contributed by atoms with E-state index in [2.05, 4.69) is 35.9 Å². The standard InChI is InChI=1S/C18H23NO2S/c1-15-9-11-17(12-10-15)7-5-13-19-22(20,21)14-18-8-4-3-6-16(18)2/h3-4,6,8-12,19H,5,7,13-14H2,1-2H3. The van der Waals surface area contributed by atoms with Gasteiger partial charge in [-0.15, -0.1) is 0 Å². The van der Waals surface area contributed by atoms with Crippen molar-refractivity contribution in [2.45, 2.75) is 32.4 Å². The second-order valence-corrected chi connectivity index (χ2v) is 7.48. The van der Waals surface area contributed by atoms with Crippen molar-refractivity contribution in [2.75, 3.05) is 6.54 Å². The lowest BCUT2D eigenvalue weighted by atomic mass is 10.1. The summed E-state index contributed by atoms with van der Waals surface area (Å²) in [5.41, 5.74) is 4.34. The summed E-state index contributed by atoms with van der Waals surface area (Å²) in [5.74, 6) is 0.0458. The Morgan fingerprint density at radius 1 is 0.955 bits per heavy atom. The van der Waals surface area contributed by atoms with Gasteiger partial charge in [0.2, 0.25) is 10.0 Å². The Hall–Kier alpha value is -1.65. The molecular weight excluding hydrogens is 294 g/mol. The van der Waals surface area contributed by atoms with Gasteiger partial charge in [-0.25, -0.2) is 13.1 Å². The van der Waals surface area contributed by atoms with E-state index in [1.54, 1.807) is 0 Å². The molecule has 2 aromatic carbocycles. The largest absolute Gasteiger partial charge is 0.215 e. The molecule has 0 aromatic heterocycles. The van der Waals surface area contributed by atoms with Gasteiger partial charge < -0.3 is 0 Å². The van der Waals surface area contributed by atoms with Crippen molar-refractivity contribution in [3.05, 3.63) is 70.8 Å². The molecule has 0 heterocycles. The van der Waals surface area contributed by atoms with Crippen LogP contribution in [0.1, 0.15) is 28.7 Å². The molecule has 2 rings (SSSR count). The number of rotatable bonds is 7. The van der Waals surface area contributed by atoms with Gasteiger partial charge in [0.15, 0.2) is 0 Å². The molecule has 1 N–H and O–H groups in total. The molecule has 118 valence electrons. The second-order valence-electron chi connectivity index (χ2n) is 5.67. The number of sulfonamides is 1. The highest BCUT2D eigenvalue weighted by Crippen LogP contribution is 2.11. The molecule has 0 aliphatic rings. The highest BCUT2D eigenvalue weighted by atomic mass is 32.2. The van der Waals surface area contributed by atoms with E-state index in [1.165, 1.54) is 11.1 Å². The molecule has 0 saturated heterocycles. The maximum absolute atomic E-state index is 12.1. The van der Waals surface area contributed by atoms with Crippen molar-refractivity contribution in [1.29, 1.82) is 0 Å². The van der Waals surface area contributed by atoms with Crippen LogP contribution in [0.15, 0.2) is 48.5 Å². The first-order valence-corrected chi connectivity index (χ1v) is 9.19. The number of nitrogens with one attached hydrogen (secondary N) is 1. The third-order valence-electron chi connectivity index (χ3n) is 3.69. The number of hydrogen-bond acceptors (Lipinski definition) is 2. The normalized spacial score (nSPS) is 11.5. The zero-order chi connectivity index (χ0) is 16.0. The average molecular weight is 317 g/mol. The van der Waals surface area contributed by atoms with Gasteiger partial charge in [0.05, 0.1) is 5.75 Å². The summed E-state index contributed by atoms with van der Waals surface area (Å²) in [4.78, 5) is 0. The lowest BCUT2D eigenvalue weighted by molar-refractivity contribution is 0.578. The molecule has 0 atom stereocenters. The molecule has 0 spiro atoms. The minimum atomic E-state index is -3.27. The monoisotopic (exact) mass is 317 g/mol. The second kappa shape index (κ2) is 7.56. The first-order chi connectivity index (χ1) is 10.5. The Morgan fingerprint density at radius 3 is 2.32 bits per heavy atom. The predicted octanol–water partition coefficient (Wildman–Crippen LogP) is 3.36. The van der Waals surface area contributed by atoms with E-state index in [4.69, 9.17) is 0 Å². The summed E-state index contributed by atoms with van der Waals surface area (Å²) in [6.45, 7) is 4.47. The zero-order valence-electron chi connectivity index (χ0n) is 13.2. The van der Waals surface area contributed by atoms with Crippen molar-refractivity contribution >= 4 is 10.0 Å². The van der Waals surface area contributed by atoms with Gasteiger partial charge in [-0.3, -0.25) is 0 Å². The molecule has 0 fully saturated rings. The van der Waals surface area contributed by atoms with Crippen molar-refractivity contribution in [3.63, 3.8) is 0 Å². The highest BCUT2D eigenvalue weighted by molar-refractivity contribution is 7.88. The maximum Gasteiger partial charge on any atom is 0.215 e. The molecule has 3 nitrogen and oxygen atoms in total. The van der Waals surface area contributed by atoms with E-state index >= 15 is 0 Å². The Morgan fingerprint density at radius 2 is 1.64 bits per heavy atom. The third-order valence-corrected chi connectivity index (χ3v) is 5.03. The summed E-state index contributed by atoms with van der Waals surface area (Å²) in [6.07, 6.45) is 1.68. The highest BCUT2D eigenvalue weighted by Gasteiger charge is 2.12. The molecular formula is C18H23NO2S. The van der Waals surface area contributed by atoms with Gasteiger partial charge in [0.25, 0.3) is 0 Å². The van der Waals surface area contributed by atoms with Crippen LogP contribution in [0.25, 0.3) is 0 Å². The summed E-state index contributed by atoms with van der Waals surface area (Å²) in [5, 5.41) is 0. The number of aryl methyl sites for hydroxylation is 3. The fourth-order valence-electron chi connectivity index (χ4n) is 2.30. The SMILES string of the molecule is Cc1ccc(CCCNS(=O)(=O)Cc2ccccc2C)cc1. The minimum absolute atomic E-state index is 0.0458. The Balaban J connectivity index is 1.80. The van der Waals surface area contributed by atoms with Gasteiger partial charge in [0, 0.05) is 6.54 Å². The van der Waals surface area contributed by atoms with E-state index in [1.807, 2.05) is 31.2 Å². The van der Waals surface area contributed by atoms with Crippen molar-refractivity contribution < 1.29 is 8.42 Å². The van der Waals surface area contributed by atoms with E-state index in [0.29, 0.717) is 6.54 Å². The fourth-order valence-corrected chi connectivity index (χ4v) is 3.59. The molecule has 4 heteroatoms. The fraction of sp³-hybridized carbons (Fsp3) is 0.333. The summed E-state index contributed by atoms with van der Waals surface area (Å²) in [6, 6.07) is 15.9. The predicted molar refractivity (Wildman–Crippen MR) is 91.3 cm³/mol.